The van der Waals surface area contributed by atoms with E-state index in [1.165, 1.54) is 32.3 Å². The molecule has 0 amide bonds. The molecule has 3 rings (SSSR count). The number of anilines is 1. The number of allylic oxidation sites excluding steroid dienone is 4. The number of hydrogen-bond donors (Lipinski definition) is 0. The largest absolute Gasteiger partial charge is 0.338 e. The molecular weight excluding hydrogens is 310 g/mol. The monoisotopic (exact) mass is 331 g/mol. The van der Waals surface area contributed by atoms with Gasteiger partial charge >= 0.3 is 0 Å². The van der Waals surface area contributed by atoms with E-state index >= 15 is 0 Å². The van der Waals surface area contributed by atoms with Gasteiger partial charge in [0.15, 0.2) is 0 Å². The van der Waals surface area contributed by atoms with E-state index in [0.717, 1.165) is 0 Å². The third kappa shape index (κ3) is 3.41. The Labute approximate surface area is 148 Å². The lowest BCUT2D eigenvalue weighted by Gasteiger charge is -2.15. The van der Waals surface area contributed by atoms with Gasteiger partial charge in [-0.05, 0) is 67.0 Å². The van der Waals surface area contributed by atoms with Crippen LogP contribution in [-0.4, -0.2) is 7.05 Å². The second-order valence-corrected chi connectivity index (χ2v) is 6.73. The quantitative estimate of drug-likeness (QED) is 0.487. The first-order valence-electron chi connectivity index (χ1n) is 8.06. The lowest BCUT2D eigenvalue weighted by Crippen LogP contribution is -2.09. The SMILES string of the molecule is CC=C=C/C=C(/C=C1\Sc2ccccc2N1C)c1ccccc1C. The van der Waals surface area contributed by atoms with Gasteiger partial charge in [-0.3, -0.25) is 0 Å². The highest BCUT2D eigenvalue weighted by molar-refractivity contribution is 8.03. The molecule has 0 saturated heterocycles. The van der Waals surface area contributed by atoms with Crippen molar-refractivity contribution in [1.29, 1.82) is 0 Å². The summed E-state index contributed by atoms with van der Waals surface area (Å²) in [6, 6.07) is 17.0. The number of rotatable bonds is 3. The van der Waals surface area contributed by atoms with Crippen molar-refractivity contribution in [3.05, 3.63) is 94.7 Å². The van der Waals surface area contributed by atoms with E-state index in [0.29, 0.717) is 0 Å². The van der Waals surface area contributed by atoms with E-state index in [9.17, 15) is 0 Å². The molecule has 1 aliphatic rings. The van der Waals surface area contributed by atoms with Crippen molar-refractivity contribution in [1.82, 2.24) is 0 Å². The molecule has 0 bridgehead atoms. The van der Waals surface area contributed by atoms with Crippen LogP contribution in [0.1, 0.15) is 18.1 Å². The van der Waals surface area contributed by atoms with Crippen molar-refractivity contribution in [3.63, 3.8) is 0 Å². The summed E-state index contributed by atoms with van der Waals surface area (Å²) >= 11 is 1.82. The number of fused-ring (bicyclic) bond motifs is 1. The van der Waals surface area contributed by atoms with Crippen molar-refractivity contribution in [3.8, 4) is 0 Å². The zero-order valence-electron chi connectivity index (χ0n) is 14.3. The van der Waals surface area contributed by atoms with Gasteiger partial charge in [0.1, 0.15) is 0 Å². The maximum atomic E-state index is 3.15. The summed E-state index contributed by atoms with van der Waals surface area (Å²) in [5.74, 6) is 0. The number of hydrogen-bond acceptors (Lipinski definition) is 2. The molecule has 0 spiro atoms. The minimum absolute atomic E-state index is 1.20. The predicted molar refractivity (Wildman–Crippen MR) is 106 cm³/mol. The molecule has 0 N–H and O–H groups in total. The fourth-order valence-corrected chi connectivity index (χ4v) is 3.83. The Morgan fingerprint density at radius 2 is 1.83 bits per heavy atom. The zero-order chi connectivity index (χ0) is 16.9. The Bertz CT molecular complexity index is 867. The van der Waals surface area contributed by atoms with Crippen LogP contribution in [0.25, 0.3) is 5.57 Å². The lowest BCUT2D eigenvalue weighted by molar-refractivity contribution is 1.17. The number of aryl methyl sites for hydroxylation is 1. The molecule has 1 aliphatic heterocycles. The number of para-hydroxylation sites is 1. The highest BCUT2D eigenvalue weighted by Crippen LogP contribution is 2.45. The van der Waals surface area contributed by atoms with Crippen LogP contribution >= 0.6 is 11.8 Å². The topological polar surface area (TPSA) is 3.24 Å². The minimum Gasteiger partial charge on any atom is -0.338 e. The highest BCUT2D eigenvalue weighted by atomic mass is 32.2. The molecular formula is C22H21NS. The lowest BCUT2D eigenvalue weighted by atomic mass is 10.00. The molecule has 0 saturated carbocycles. The molecule has 2 aromatic rings. The smallest absolute Gasteiger partial charge is 0.0805 e. The molecule has 24 heavy (non-hydrogen) atoms. The first kappa shape index (κ1) is 16.4. The Morgan fingerprint density at radius 3 is 2.58 bits per heavy atom. The normalized spacial score (nSPS) is 15.2. The maximum Gasteiger partial charge on any atom is 0.0805 e. The second kappa shape index (κ2) is 7.44. The van der Waals surface area contributed by atoms with Crippen LogP contribution in [0.4, 0.5) is 5.69 Å². The van der Waals surface area contributed by atoms with E-state index in [1.54, 1.807) is 0 Å². The van der Waals surface area contributed by atoms with Crippen LogP contribution in [-0.2, 0) is 0 Å². The molecule has 1 heterocycles. The van der Waals surface area contributed by atoms with Gasteiger partial charge in [-0.2, -0.15) is 0 Å². The van der Waals surface area contributed by atoms with Crippen molar-refractivity contribution in [2.24, 2.45) is 0 Å². The van der Waals surface area contributed by atoms with Crippen molar-refractivity contribution in [2.75, 3.05) is 11.9 Å². The van der Waals surface area contributed by atoms with Gasteiger partial charge in [-0.1, -0.05) is 48.2 Å². The predicted octanol–water partition coefficient (Wildman–Crippen LogP) is 6.19. The molecule has 0 radical (unpaired) electrons. The van der Waals surface area contributed by atoms with Crippen molar-refractivity contribution in [2.45, 2.75) is 18.7 Å². The van der Waals surface area contributed by atoms with Crippen LogP contribution in [0, 0.1) is 6.92 Å². The average molecular weight is 331 g/mol. The van der Waals surface area contributed by atoms with Crippen LogP contribution < -0.4 is 4.90 Å². The maximum absolute atomic E-state index is 3.15. The van der Waals surface area contributed by atoms with E-state index in [2.05, 4.69) is 85.3 Å². The molecule has 0 unspecified atom stereocenters. The molecule has 0 aromatic heterocycles. The summed E-state index contributed by atoms with van der Waals surface area (Å²) < 4.78 is 0. The van der Waals surface area contributed by atoms with Crippen LogP contribution in [0.3, 0.4) is 0 Å². The van der Waals surface area contributed by atoms with Gasteiger partial charge in [0.2, 0.25) is 0 Å². The third-order valence-electron chi connectivity index (χ3n) is 4.03. The fourth-order valence-electron chi connectivity index (χ4n) is 2.73. The molecule has 0 aliphatic carbocycles. The molecule has 120 valence electrons. The summed E-state index contributed by atoms with van der Waals surface area (Å²) in [4.78, 5) is 3.56. The fraction of sp³-hybridized carbons (Fsp3) is 0.136. The van der Waals surface area contributed by atoms with Gasteiger partial charge < -0.3 is 4.90 Å². The van der Waals surface area contributed by atoms with Crippen LogP contribution in [0.5, 0.6) is 0 Å². The minimum atomic E-state index is 1.20. The summed E-state index contributed by atoms with van der Waals surface area (Å²) in [7, 11) is 2.13. The third-order valence-corrected chi connectivity index (χ3v) is 5.20. The molecule has 0 atom stereocenters. The van der Waals surface area contributed by atoms with Gasteiger partial charge in [-0.25, -0.2) is 0 Å². The summed E-state index contributed by atoms with van der Waals surface area (Å²) in [5, 5.41) is 1.24. The molecule has 2 aromatic carbocycles. The molecule has 0 fully saturated rings. The average Bonchev–Trinajstić information content (AvgIpc) is 2.91. The van der Waals surface area contributed by atoms with E-state index in [-0.39, 0.29) is 0 Å². The summed E-state index contributed by atoms with van der Waals surface area (Å²) in [6.45, 7) is 4.13. The second-order valence-electron chi connectivity index (χ2n) is 5.67. The molecule has 1 nitrogen and oxygen atoms in total. The molecule has 2 heteroatoms. The van der Waals surface area contributed by atoms with Crippen LogP contribution in [0.15, 0.2) is 88.5 Å². The number of thioether (sulfide) groups is 1. The van der Waals surface area contributed by atoms with Crippen molar-refractivity contribution >= 4 is 23.0 Å². The number of benzene rings is 2. The van der Waals surface area contributed by atoms with Crippen LogP contribution in [0.2, 0.25) is 0 Å². The van der Waals surface area contributed by atoms with E-state index in [1.807, 2.05) is 30.8 Å². The Kier molecular flexibility index (Phi) is 5.10. The number of nitrogens with zero attached hydrogens (tertiary/aromatic N) is 1. The first-order chi connectivity index (χ1) is 11.7. The van der Waals surface area contributed by atoms with E-state index in [4.69, 9.17) is 0 Å². The zero-order valence-corrected chi connectivity index (χ0v) is 15.1. The van der Waals surface area contributed by atoms with Gasteiger partial charge in [-0.15, -0.1) is 5.73 Å². The Hall–Kier alpha value is -2.41. The highest BCUT2D eigenvalue weighted by Gasteiger charge is 2.21. The first-order valence-corrected chi connectivity index (χ1v) is 8.88. The summed E-state index contributed by atoms with van der Waals surface area (Å²) in [6.07, 6.45) is 8.30. The van der Waals surface area contributed by atoms with Gasteiger partial charge in [0.25, 0.3) is 0 Å². The van der Waals surface area contributed by atoms with Gasteiger partial charge in [0.05, 0.1) is 10.7 Å². The standard InChI is InChI=1S/C22H21NS/c1-4-5-6-12-18(19-13-8-7-11-17(19)2)16-22-23(3)20-14-9-10-15-21(20)24-22/h4,6-16H,1-3H3/b18-12-,22-16-. The Balaban J connectivity index is 2.04. The Morgan fingerprint density at radius 1 is 1.08 bits per heavy atom. The van der Waals surface area contributed by atoms with Gasteiger partial charge in [0, 0.05) is 11.9 Å². The van der Waals surface area contributed by atoms with Crippen molar-refractivity contribution < 1.29 is 0 Å². The summed E-state index contributed by atoms with van der Waals surface area (Å²) in [5.41, 5.74) is 8.14. The van der Waals surface area contributed by atoms with E-state index < -0.39 is 0 Å².